The summed E-state index contributed by atoms with van der Waals surface area (Å²) in [5.41, 5.74) is 10.2. The second kappa shape index (κ2) is 26.8. The number of nitrogens with one attached hydrogen (secondary N) is 4. The van der Waals surface area contributed by atoms with E-state index in [1.54, 1.807) is 18.5 Å². The van der Waals surface area contributed by atoms with Crippen LogP contribution >= 0.6 is 0 Å². The maximum absolute atomic E-state index is 14.3. The van der Waals surface area contributed by atoms with E-state index in [4.69, 9.17) is 5.73 Å². The molecule has 0 aliphatic heterocycles. The van der Waals surface area contributed by atoms with Gasteiger partial charge in [0.05, 0.1) is 29.0 Å². The highest BCUT2D eigenvalue weighted by Crippen LogP contribution is 2.28. The first-order valence-corrected chi connectivity index (χ1v) is 23.5. The smallest absolute Gasteiger partial charge is 0.326 e. The molecule has 0 spiro atoms. The van der Waals surface area contributed by atoms with Gasteiger partial charge in [-0.1, -0.05) is 129 Å². The highest BCUT2D eigenvalue weighted by Gasteiger charge is 2.31. The molecule has 0 aliphatic carbocycles. The number of nitro benzene ring substituents is 1. The molecule has 4 amide bonds. The predicted octanol–water partition coefficient (Wildman–Crippen LogP) is 5.98. The van der Waals surface area contributed by atoms with E-state index in [1.165, 1.54) is 6.07 Å². The molecule has 17 nitrogen and oxygen atoms in total. The number of phenolic OH excluding ortho intramolecular Hbond substituents is 1. The molecule has 0 radical (unpaired) electrons. The standard InChI is InChI=1S/C52H64N8O9/c1-3-4-5-6-13-21-47(62)54-28-15-14-20-42(56-49(63)41(53)32-40-33-59(34-55-40)48(38-16-9-7-10-17-38)39-18-11-8-12-19-39)50(64)57-43(29-36-24-22-35(2)23-25-36)51(65)58-44(52(66)67)30-37-26-27-46(61)45(31-37)60(68)69/h7-12,16-19,22-27,31,33-34,41-44,48,61H,3-6,13-15,20-21,28-30,32,53H2,1-2H3,(H,54,62)(H,56,63)(H,57,64)(H,58,65)(H,66,67)/t41-,42-,43+,44-/m0/s1. The van der Waals surface area contributed by atoms with E-state index >= 15 is 0 Å². The number of phenols is 1. The molecule has 4 aromatic carbocycles. The Morgan fingerprint density at radius 2 is 1.32 bits per heavy atom. The third-order valence-corrected chi connectivity index (χ3v) is 11.8. The van der Waals surface area contributed by atoms with Crippen LogP contribution in [-0.2, 0) is 43.2 Å². The number of benzene rings is 4. The van der Waals surface area contributed by atoms with Crippen molar-refractivity contribution in [3.05, 3.63) is 159 Å². The van der Waals surface area contributed by atoms with Gasteiger partial charge >= 0.3 is 11.7 Å². The van der Waals surface area contributed by atoms with Crippen LogP contribution < -0.4 is 27.0 Å². The van der Waals surface area contributed by atoms with Crippen LogP contribution in [0.15, 0.2) is 116 Å². The first-order valence-electron chi connectivity index (χ1n) is 23.5. The Labute approximate surface area is 402 Å². The van der Waals surface area contributed by atoms with E-state index < -0.39 is 64.2 Å². The molecular weight excluding hydrogens is 881 g/mol. The van der Waals surface area contributed by atoms with Crippen LogP contribution in [0.2, 0.25) is 0 Å². The quantitative estimate of drug-likeness (QED) is 0.0174. The third kappa shape index (κ3) is 16.7. The monoisotopic (exact) mass is 944 g/mol. The number of carboxylic acids is 1. The number of amides is 4. The number of rotatable bonds is 28. The zero-order chi connectivity index (χ0) is 49.7. The number of hydrogen-bond donors (Lipinski definition) is 7. The Kier molecular flexibility index (Phi) is 20.4. The number of unbranched alkanes of at least 4 members (excludes halogenated alkanes) is 5. The Bertz CT molecular complexity index is 2430. The van der Waals surface area contributed by atoms with Gasteiger partial charge in [0, 0.05) is 44.5 Å². The summed E-state index contributed by atoms with van der Waals surface area (Å²) < 4.78 is 1.95. The largest absolute Gasteiger partial charge is 0.502 e. The molecule has 0 saturated heterocycles. The Hall–Kier alpha value is -7.40. The Morgan fingerprint density at radius 3 is 1.96 bits per heavy atom. The number of aryl methyl sites for hydroxylation is 1. The highest BCUT2D eigenvalue weighted by molar-refractivity contribution is 5.94. The minimum absolute atomic E-state index is 0.0349. The number of carbonyl (C=O) groups is 5. The molecule has 4 atom stereocenters. The molecule has 0 saturated carbocycles. The van der Waals surface area contributed by atoms with Crippen LogP contribution in [0.25, 0.3) is 0 Å². The lowest BCUT2D eigenvalue weighted by Gasteiger charge is -2.25. The summed E-state index contributed by atoms with van der Waals surface area (Å²) in [5, 5.41) is 42.5. The summed E-state index contributed by atoms with van der Waals surface area (Å²) >= 11 is 0. The zero-order valence-electron chi connectivity index (χ0n) is 39.2. The molecule has 0 fully saturated rings. The van der Waals surface area contributed by atoms with Crippen LogP contribution in [-0.4, -0.2) is 85.0 Å². The second-order valence-electron chi connectivity index (χ2n) is 17.4. The molecule has 0 unspecified atom stereocenters. The van der Waals surface area contributed by atoms with Gasteiger partial charge in [-0.15, -0.1) is 0 Å². The zero-order valence-corrected chi connectivity index (χ0v) is 39.2. The number of nitro groups is 1. The molecule has 69 heavy (non-hydrogen) atoms. The molecule has 1 aromatic heterocycles. The molecular formula is C52H64N8O9. The van der Waals surface area contributed by atoms with E-state index in [0.29, 0.717) is 37.1 Å². The maximum atomic E-state index is 14.3. The number of aromatic hydroxyl groups is 1. The summed E-state index contributed by atoms with van der Waals surface area (Å²) in [6, 6.07) is 25.0. The number of aromatic nitrogens is 2. The molecule has 0 aliphatic rings. The first kappa shape index (κ1) is 52.6. The number of carboxylic acid groups (broad SMARTS) is 1. The van der Waals surface area contributed by atoms with Crippen LogP contribution in [0.4, 0.5) is 5.69 Å². The highest BCUT2D eigenvalue weighted by atomic mass is 16.6. The second-order valence-corrected chi connectivity index (χ2v) is 17.4. The lowest BCUT2D eigenvalue weighted by atomic mass is 9.98. The normalized spacial score (nSPS) is 12.9. The third-order valence-electron chi connectivity index (χ3n) is 11.8. The van der Waals surface area contributed by atoms with Gasteiger partial charge in [0.25, 0.3) is 0 Å². The van der Waals surface area contributed by atoms with Crippen molar-refractivity contribution in [2.24, 2.45) is 5.73 Å². The average molecular weight is 945 g/mol. The van der Waals surface area contributed by atoms with Crippen molar-refractivity contribution in [3.63, 3.8) is 0 Å². The van der Waals surface area contributed by atoms with Gasteiger partial charge < -0.3 is 41.8 Å². The van der Waals surface area contributed by atoms with Crippen LogP contribution in [0.3, 0.4) is 0 Å². The SMILES string of the molecule is CCCCCCCC(=O)NCCCC[C@H](NC(=O)[C@@H](N)Cc1cn(C(c2ccccc2)c2ccccc2)cn1)C(=O)N[C@H](Cc1ccc(C)cc1)C(=O)N[C@@H](Cc1ccc(O)c([N+](=O)[O-])c1)C(=O)O. The van der Waals surface area contributed by atoms with E-state index in [0.717, 1.165) is 60.9 Å². The molecule has 1 heterocycles. The van der Waals surface area contributed by atoms with Crippen molar-refractivity contribution in [3.8, 4) is 5.75 Å². The van der Waals surface area contributed by atoms with Crippen LogP contribution in [0.1, 0.15) is 104 Å². The first-order chi connectivity index (χ1) is 33.2. The Morgan fingerprint density at radius 1 is 0.725 bits per heavy atom. The maximum Gasteiger partial charge on any atom is 0.326 e. The number of imidazole rings is 1. The van der Waals surface area contributed by atoms with Crippen molar-refractivity contribution in [2.75, 3.05) is 6.54 Å². The average Bonchev–Trinajstić information content (AvgIpc) is 3.79. The van der Waals surface area contributed by atoms with Gasteiger partial charge in [-0.05, 0) is 60.9 Å². The molecule has 366 valence electrons. The van der Waals surface area contributed by atoms with E-state index in [1.807, 2.05) is 90.5 Å². The fraction of sp³-hybridized carbons (Fsp3) is 0.385. The minimum atomic E-state index is -1.58. The van der Waals surface area contributed by atoms with E-state index in [2.05, 4.69) is 33.2 Å². The number of carbonyl (C=O) groups excluding carboxylic acids is 4. The summed E-state index contributed by atoms with van der Waals surface area (Å²) in [5.74, 6) is -4.33. The fourth-order valence-electron chi connectivity index (χ4n) is 7.97. The lowest BCUT2D eigenvalue weighted by Crippen LogP contribution is -2.58. The lowest BCUT2D eigenvalue weighted by molar-refractivity contribution is -0.385. The predicted molar refractivity (Wildman–Crippen MR) is 261 cm³/mol. The Balaban J connectivity index is 1.32. The molecule has 5 rings (SSSR count). The van der Waals surface area contributed by atoms with Gasteiger partial charge in [-0.25, -0.2) is 9.78 Å². The number of nitrogens with zero attached hydrogens (tertiary/aromatic N) is 3. The van der Waals surface area contributed by atoms with Gasteiger partial charge in [0.1, 0.15) is 18.1 Å². The van der Waals surface area contributed by atoms with Crippen molar-refractivity contribution in [1.82, 2.24) is 30.8 Å². The van der Waals surface area contributed by atoms with E-state index in [-0.39, 0.29) is 43.2 Å². The van der Waals surface area contributed by atoms with Gasteiger partial charge in [-0.2, -0.15) is 0 Å². The van der Waals surface area contributed by atoms with Crippen molar-refractivity contribution in [2.45, 2.75) is 121 Å². The van der Waals surface area contributed by atoms with E-state index in [9.17, 15) is 44.3 Å². The molecule has 0 bridgehead atoms. The van der Waals surface area contributed by atoms with Gasteiger partial charge in [-0.3, -0.25) is 29.3 Å². The number of nitrogens with two attached hydrogens (primary N) is 1. The van der Waals surface area contributed by atoms with Gasteiger partial charge in [0.15, 0.2) is 5.75 Å². The summed E-state index contributed by atoms with van der Waals surface area (Å²) in [4.78, 5) is 82.5. The topological polar surface area (TPSA) is 261 Å². The summed E-state index contributed by atoms with van der Waals surface area (Å²) in [6.07, 6.45) is 9.62. The summed E-state index contributed by atoms with van der Waals surface area (Å²) in [7, 11) is 0. The van der Waals surface area contributed by atoms with Crippen LogP contribution in [0, 0.1) is 17.0 Å². The van der Waals surface area contributed by atoms with Crippen LogP contribution in [0.5, 0.6) is 5.75 Å². The van der Waals surface area contributed by atoms with Crippen molar-refractivity contribution in [1.29, 1.82) is 0 Å². The molecule has 8 N–H and O–H groups in total. The van der Waals surface area contributed by atoms with Crippen molar-refractivity contribution >= 4 is 35.3 Å². The van der Waals surface area contributed by atoms with Crippen molar-refractivity contribution < 1.29 is 39.1 Å². The number of aliphatic carboxylic acids is 1. The van der Waals surface area contributed by atoms with Gasteiger partial charge in [0.2, 0.25) is 23.6 Å². The summed E-state index contributed by atoms with van der Waals surface area (Å²) in [6.45, 7) is 4.37. The fourth-order valence-corrected chi connectivity index (χ4v) is 7.97. The molecule has 17 heteroatoms. The number of hydrogen-bond acceptors (Lipinski definition) is 10. The molecule has 5 aromatic rings. The minimum Gasteiger partial charge on any atom is -0.502 e.